The summed E-state index contributed by atoms with van der Waals surface area (Å²) in [7, 11) is 0. The standard InChI is InChI=1S/C31H22N2/c1-21-14-15-26(20-32-21)29-12-7-13-30(33-29)31-27(22-8-3-2-4-9-22)17-16-25-18-23-10-5-6-11-24(23)19-28(25)31/h2-20H,1H3. The number of aryl methyl sites for hydroxylation is 1. The zero-order valence-corrected chi connectivity index (χ0v) is 18.4. The monoisotopic (exact) mass is 422 g/mol. The molecular weight excluding hydrogens is 400 g/mol. The second-order valence-corrected chi connectivity index (χ2v) is 8.37. The van der Waals surface area contributed by atoms with Crippen LogP contribution in [-0.2, 0) is 0 Å². The highest BCUT2D eigenvalue weighted by molar-refractivity contribution is 6.09. The zero-order chi connectivity index (χ0) is 22.2. The van der Waals surface area contributed by atoms with Gasteiger partial charge in [-0.2, -0.15) is 0 Å². The third kappa shape index (κ3) is 3.56. The van der Waals surface area contributed by atoms with Gasteiger partial charge in [0, 0.05) is 23.0 Å². The van der Waals surface area contributed by atoms with Crippen LogP contribution in [0.1, 0.15) is 5.69 Å². The number of nitrogens with zero attached hydrogens (tertiary/aromatic N) is 2. The summed E-state index contributed by atoms with van der Waals surface area (Å²) in [6.45, 7) is 2.00. The molecule has 0 N–H and O–H groups in total. The Morgan fingerprint density at radius 3 is 2.09 bits per heavy atom. The number of rotatable bonds is 3. The molecule has 0 amide bonds. The van der Waals surface area contributed by atoms with Crippen LogP contribution in [0, 0.1) is 6.92 Å². The summed E-state index contributed by atoms with van der Waals surface area (Å²) in [5, 5.41) is 4.90. The van der Waals surface area contributed by atoms with Crippen LogP contribution in [-0.4, -0.2) is 9.97 Å². The first-order valence-electron chi connectivity index (χ1n) is 11.2. The van der Waals surface area contributed by atoms with Crippen molar-refractivity contribution in [2.45, 2.75) is 6.92 Å². The molecular formula is C31H22N2. The second-order valence-electron chi connectivity index (χ2n) is 8.37. The fraction of sp³-hybridized carbons (Fsp3) is 0.0323. The number of pyridine rings is 2. The quantitative estimate of drug-likeness (QED) is 0.269. The number of benzene rings is 4. The second kappa shape index (κ2) is 7.99. The van der Waals surface area contributed by atoms with E-state index in [2.05, 4.69) is 108 Å². The van der Waals surface area contributed by atoms with Gasteiger partial charge in [-0.15, -0.1) is 0 Å². The molecule has 0 bridgehead atoms. The van der Waals surface area contributed by atoms with Gasteiger partial charge in [0.1, 0.15) is 0 Å². The van der Waals surface area contributed by atoms with Crippen LogP contribution < -0.4 is 0 Å². The van der Waals surface area contributed by atoms with Gasteiger partial charge in [0.05, 0.1) is 11.4 Å². The van der Waals surface area contributed by atoms with E-state index in [1.54, 1.807) is 0 Å². The predicted molar refractivity (Wildman–Crippen MR) is 138 cm³/mol. The molecule has 2 aromatic heterocycles. The molecule has 33 heavy (non-hydrogen) atoms. The van der Waals surface area contributed by atoms with E-state index < -0.39 is 0 Å². The van der Waals surface area contributed by atoms with E-state index in [0.29, 0.717) is 0 Å². The Bertz CT molecular complexity index is 1600. The Labute approximate surface area is 193 Å². The summed E-state index contributed by atoms with van der Waals surface area (Å²) < 4.78 is 0. The van der Waals surface area contributed by atoms with Crippen molar-refractivity contribution < 1.29 is 0 Å². The predicted octanol–water partition coefficient (Wildman–Crippen LogP) is 8.09. The first kappa shape index (κ1) is 19.4. The Morgan fingerprint density at radius 2 is 1.30 bits per heavy atom. The SMILES string of the molecule is Cc1ccc(-c2cccc(-c3c(-c4ccccc4)ccc4cc5ccccc5cc34)n2)cn1. The van der Waals surface area contributed by atoms with Crippen LogP contribution in [0.5, 0.6) is 0 Å². The van der Waals surface area contributed by atoms with Gasteiger partial charge >= 0.3 is 0 Å². The van der Waals surface area contributed by atoms with Crippen LogP contribution >= 0.6 is 0 Å². The maximum atomic E-state index is 5.12. The fourth-order valence-electron chi connectivity index (χ4n) is 4.50. The van der Waals surface area contributed by atoms with Crippen molar-refractivity contribution in [1.82, 2.24) is 9.97 Å². The summed E-state index contributed by atoms with van der Waals surface area (Å²) in [6.07, 6.45) is 1.90. The average Bonchev–Trinajstić information content (AvgIpc) is 2.88. The lowest BCUT2D eigenvalue weighted by atomic mass is 9.90. The number of hydrogen-bond acceptors (Lipinski definition) is 2. The van der Waals surface area contributed by atoms with E-state index in [4.69, 9.17) is 4.98 Å². The van der Waals surface area contributed by atoms with Crippen molar-refractivity contribution in [2.24, 2.45) is 0 Å². The van der Waals surface area contributed by atoms with E-state index in [1.807, 2.05) is 19.2 Å². The van der Waals surface area contributed by atoms with Gasteiger partial charge in [-0.25, -0.2) is 4.98 Å². The largest absolute Gasteiger partial charge is 0.261 e. The molecule has 0 aliphatic heterocycles. The minimum atomic E-state index is 0.928. The van der Waals surface area contributed by atoms with Crippen molar-refractivity contribution in [2.75, 3.05) is 0 Å². The van der Waals surface area contributed by atoms with Gasteiger partial charge in [0.2, 0.25) is 0 Å². The van der Waals surface area contributed by atoms with Crippen LogP contribution in [0.25, 0.3) is 55.2 Å². The molecule has 156 valence electrons. The summed E-state index contributed by atoms with van der Waals surface area (Å²) in [6, 6.07) is 38.5. The zero-order valence-electron chi connectivity index (χ0n) is 18.4. The van der Waals surface area contributed by atoms with Crippen molar-refractivity contribution >= 4 is 21.5 Å². The van der Waals surface area contributed by atoms with E-state index in [-0.39, 0.29) is 0 Å². The maximum Gasteiger partial charge on any atom is 0.0725 e. The van der Waals surface area contributed by atoms with Gasteiger partial charge in [0.15, 0.2) is 0 Å². The van der Waals surface area contributed by atoms with Gasteiger partial charge in [-0.3, -0.25) is 4.98 Å². The Hall–Kier alpha value is -4.30. The lowest BCUT2D eigenvalue weighted by molar-refractivity contribution is 1.19. The Morgan fingerprint density at radius 1 is 0.545 bits per heavy atom. The molecule has 0 atom stereocenters. The van der Waals surface area contributed by atoms with Gasteiger partial charge in [0.25, 0.3) is 0 Å². The van der Waals surface area contributed by atoms with Crippen LogP contribution in [0.3, 0.4) is 0 Å². The molecule has 0 fully saturated rings. The molecule has 2 nitrogen and oxygen atoms in total. The highest BCUT2D eigenvalue weighted by atomic mass is 14.7. The van der Waals surface area contributed by atoms with Crippen molar-refractivity contribution in [3.63, 3.8) is 0 Å². The van der Waals surface area contributed by atoms with Gasteiger partial charge < -0.3 is 0 Å². The van der Waals surface area contributed by atoms with Crippen LogP contribution in [0.2, 0.25) is 0 Å². The smallest absolute Gasteiger partial charge is 0.0725 e. The number of hydrogen-bond donors (Lipinski definition) is 0. The molecule has 2 heterocycles. The van der Waals surface area contributed by atoms with Crippen LogP contribution in [0.15, 0.2) is 115 Å². The molecule has 0 saturated heterocycles. The summed E-state index contributed by atoms with van der Waals surface area (Å²) in [4.78, 5) is 9.59. The molecule has 6 rings (SSSR count). The van der Waals surface area contributed by atoms with Crippen molar-refractivity contribution in [3.05, 3.63) is 121 Å². The molecule has 0 unspecified atom stereocenters. The number of fused-ring (bicyclic) bond motifs is 2. The highest BCUT2D eigenvalue weighted by Gasteiger charge is 2.15. The van der Waals surface area contributed by atoms with Crippen LogP contribution in [0.4, 0.5) is 0 Å². The molecule has 0 aliphatic rings. The Kier molecular flexibility index (Phi) is 4.70. The molecule has 4 aromatic carbocycles. The first-order chi connectivity index (χ1) is 16.3. The summed E-state index contributed by atoms with van der Waals surface area (Å²) >= 11 is 0. The maximum absolute atomic E-state index is 5.12. The summed E-state index contributed by atoms with van der Waals surface area (Å²) in [5.41, 5.74) is 7.45. The van der Waals surface area contributed by atoms with E-state index in [0.717, 1.165) is 28.2 Å². The minimum Gasteiger partial charge on any atom is -0.261 e. The molecule has 0 saturated carbocycles. The third-order valence-corrected chi connectivity index (χ3v) is 6.18. The van der Waals surface area contributed by atoms with Gasteiger partial charge in [-0.1, -0.05) is 72.8 Å². The Balaban J connectivity index is 1.65. The van der Waals surface area contributed by atoms with Gasteiger partial charge in [-0.05, 0) is 76.0 Å². The van der Waals surface area contributed by atoms with E-state index >= 15 is 0 Å². The normalized spacial score (nSPS) is 11.2. The number of aromatic nitrogens is 2. The first-order valence-corrected chi connectivity index (χ1v) is 11.2. The lowest BCUT2D eigenvalue weighted by Crippen LogP contribution is -1.93. The molecule has 0 aliphatic carbocycles. The molecule has 0 radical (unpaired) electrons. The van der Waals surface area contributed by atoms with Crippen molar-refractivity contribution in [1.29, 1.82) is 0 Å². The van der Waals surface area contributed by atoms with E-state index in [1.165, 1.54) is 32.7 Å². The third-order valence-electron chi connectivity index (χ3n) is 6.18. The fourth-order valence-corrected chi connectivity index (χ4v) is 4.50. The average molecular weight is 423 g/mol. The summed E-state index contributed by atoms with van der Waals surface area (Å²) in [5.74, 6) is 0. The molecule has 6 aromatic rings. The topological polar surface area (TPSA) is 25.8 Å². The molecule has 0 spiro atoms. The molecule has 2 heteroatoms. The highest BCUT2D eigenvalue weighted by Crippen LogP contribution is 2.39. The lowest BCUT2D eigenvalue weighted by Gasteiger charge is -2.15. The van der Waals surface area contributed by atoms with E-state index in [9.17, 15) is 0 Å². The minimum absolute atomic E-state index is 0.928. The van der Waals surface area contributed by atoms with Crippen molar-refractivity contribution in [3.8, 4) is 33.6 Å².